The third kappa shape index (κ3) is 2.77. The van der Waals surface area contributed by atoms with Gasteiger partial charge in [0.05, 0.1) is 6.20 Å². The van der Waals surface area contributed by atoms with Crippen LogP contribution in [0.1, 0.15) is 11.1 Å². The fourth-order valence-corrected chi connectivity index (χ4v) is 1.45. The largest absolute Gasteiger partial charge is 0.594 e. The quantitative estimate of drug-likeness (QED) is 0.556. The normalized spacial score (nSPS) is 10.1. The highest BCUT2D eigenvalue weighted by molar-refractivity contribution is 5.17. The van der Waals surface area contributed by atoms with Crippen molar-refractivity contribution < 1.29 is 4.85 Å². The molecule has 0 N–H and O–H groups in total. The number of aromatic nitrogens is 2. The maximum absolute atomic E-state index is 10.7. The maximum atomic E-state index is 10.7. The summed E-state index contributed by atoms with van der Waals surface area (Å²) < 4.78 is 0. The molecule has 0 fully saturated rings. The first-order chi connectivity index (χ1) is 7.34. The predicted molar refractivity (Wildman–Crippen MR) is 57.0 cm³/mol. The summed E-state index contributed by atoms with van der Waals surface area (Å²) in [5.74, 6) is 0. The molecule has 0 aliphatic rings. The van der Waals surface area contributed by atoms with E-state index in [0.717, 1.165) is 18.4 Å². The summed E-state index contributed by atoms with van der Waals surface area (Å²) in [6, 6.07) is 12.1. The molecule has 0 saturated carbocycles. The van der Waals surface area contributed by atoms with Crippen molar-refractivity contribution >= 4 is 0 Å². The summed E-state index contributed by atoms with van der Waals surface area (Å²) in [7, 11) is 0. The summed E-state index contributed by atoms with van der Waals surface area (Å²) in [4.78, 5) is 0.562. The Morgan fingerprint density at radius 3 is 2.40 bits per heavy atom. The van der Waals surface area contributed by atoms with Gasteiger partial charge in [-0.25, -0.2) is 0 Å². The highest BCUT2D eigenvalue weighted by atomic mass is 16.5. The van der Waals surface area contributed by atoms with Crippen LogP contribution in [0.25, 0.3) is 0 Å². The van der Waals surface area contributed by atoms with Gasteiger partial charge in [-0.3, -0.25) is 0 Å². The molecule has 3 nitrogen and oxygen atoms in total. The van der Waals surface area contributed by atoms with E-state index in [1.54, 1.807) is 6.20 Å². The first-order valence-electron chi connectivity index (χ1n) is 4.93. The van der Waals surface area contributed by atoms with Gasteiger partial charge in [-0.05, 0) is 24.0 Å². The molecule has 76 valence electrons. The molecule has 1 heterocycles. The van der Waals surface area contributed by atoms with Gasteiger partial charge in [0, 0.05) is 11.2 Å². The molecule has 0 atom stereocenters. The van der Waals surface area contributed by atoms with Crippen LogP contribution in [0.4, 0.5) is 0 Å². The minimum Gasteiger partial charge on any atom is -0.594 e. The Labute approximate surface area is 88.6 Å². The first kappa shape index (κ1) is 9.65. The second-order valence-electron chi connectivity index (χ2n) is 3.42. The number of hydrogen-bond acceptors (Lipinski definition) is 2. The molecule has 3 heteroatoms. The van der Waals surface area contributed by atoms with Crippen LogP contribution >= 0.6 is 0 Å². The van der Waals surface area contributed by atoms with E-state index in [9.17, 15) is 5.21 Å². The zero-order chi connectivity index (χ0) is 10.5. The SMILES string of the molecule is [O-][n+]1ccc(CCc2ccccc2)cn1. The predicted octanol–water partition coefficient (Wildman–Crippen LogP) is 1.50. The van der Waals surface area contributed by atoms with Crippen molar-refractivity contribution in [3.63, 3.8) is 0 Å². The number of aryl methyl sites for hydroxylation is 2. The van der Waals surface area contributed by atoms with Gasteiger partial charge in [0.15, 0.2) is 0 Å². The molecule has 0 bridgehead atoms. The Balaban J connectivity index is 1.96. The Kier molecular flexibility index (Phi) is 2.93. The summed E-state index contributed by atoms with van der Waals surface area (Å²) in [5, 5.41) is 14.4. The molecule has 1 aromatic carbocycles. The Morgan fingerprint density at radius 1 is 1.00 bits per heavy atom. The minimum atomic E-state index is 0.562. The molecule has 2 rings (SSSR count). The van der Waals surface area contributed by atoms with Crippen molar-refractivity contribution in [3.8, 4) is 0 Å². The van der Waals surface area contributed by atoms with Crippen LogP contribution in [0, 0.1) is 5.21 Å². The van der Waals surface area contributed by atoms with Crippen molar-refractivity contribution in [2.75, 3.05) is 0 Å². The van der Waals surface area contributed by atoms with Gasteiger partial charge >= 0.3 is 0 Å². The minimum absolute atomic E-state index is 0.562. The summed E-state index contributed by atoms with van der Waals surface area (Å²) in [5.41, 5.74) is 2.39. The van der Waals surface area contributed by atoms with E-state index in [-0.39, 0.29) is 0 Å². The summed E-state index contributed by atoms with van der Waals surface area (Å²) in [6.45, 7) is 0. The number of benzene rings is 1. The number of hydrogen-bond donors (Lipinski definition) is 0. The van der Waals surface area contributed by atoms with E-state index < -0.39 is 0 Å². The van der Waals surface area contributed by atoms with Crippen molar-refractivity contribution in [3.05, 3.63) is 65.1 Å². The monoisotopic (exact) mass is 200 g/mol. The van der Waals surface area contributed by atoms with Crippen LogP contribution in [0.2, 0.25) is 0 Å². The average molecular weight is 200 g/mol. The first-order valence-corrected chi connectivity index (χ1v) is 4.93. The highest BCUT2D eigenvalue weighted by Crippen LogP contribution is 2.04. The lowest BCUT2D eigenvalue weighted by Gasteiger charge is -2.00. The van der Waals surface area contributed by atoms with Gasteiger partial charge in [0.2, 0.25) is 6.20 Å². The van der Waals surface area contributed by atoms with E-state index in [1.165, 1.54) is 11.8 Å². The standard InChI is InChI=1S/C12H12N2O/c15-14-9-8-12(10-13-14)7-6-11-4-2-1-3-5-11/h1-5,8-10H,6-7H2. The molecule has 0 radical (unpaired) electrons. The molecule has 0 spiro atoms. The van der Waals surface area contributed by atoms with Gasteiger partial charge in [0.25, 0.3) is 0 Å². The Hall–Kier alpha value is -1.90. The Bertz CT molecular complexity index is 411. The summed E-state index contributed by atoms with van der Waals surface area (Å²) >= 11 is 0. The second kappa shape index (κ2) is 4.55. The van der Waals surface area contributed by atoms with E-state index in [2.05, 4.69) is 17.2 Å². The number of nitrogens with zero attached hydrogens (tertiary/aromatic N) is 2. The van der Waals surface area contributed by atoms with Crippen LogP contribution < -0.4 is 4.85 Å². The molecule has 15 heavy (non-hydrogen) atoms. The van der Waals surface area contributed by atoms with Crippen molar-refractivity contribution in [1.82, 2.24) is 5.10 Å². The van der Waals surface area contributed by atoms with E-state index >= 15 is 0 Å². The molecule has 0 aliphatic heterocycles. The van der Waals surface area contributed by atoms with Gasteiger partial charge in [0.1, 0.15) is 0 Å². The van der Waals surface area contributed by atoms with E-state index in [4.69, 9.17) is 0 Å². The fourth-order valence-electron chi connectivity index (χ4n) is 1.45. The second-order valence-corrected chi connectivity index (χ2v) is 3.42. The molecular formula is C12H12N2O. The van der Waals surface area contributed by atoms with Gasteiger partial charge in [-0.2, -0.15) is 0 Å². The molecule has 0 saturated heterocycles. The van der Waals surface area contributed by atoms with Crippen LogP contribution in [0.15, 0.2) is 48.8 Å². The molecular weight excluding hydrogens is 188 g/mol. The lowest BCUT2D eigenvalue weighted by molar-refractivity contribution is -0.669. The lowest BCUT2D eigenvalue weighted by atomic mass is 10.1. The molecule has 0 aliphatic carbocycles. The lowest BCUT2D eigenvalue weighted by Crippen LogP contribution is -2.29. The van der Waals surface area contributed by atoms with Crippen molar-refractivity contribution in [1.29, 1.82) is 0 Å². The zero-order valence-corrected chi connectivity index (χ0v) is 8.34. The molecule has 0 amide bonds. The van der Waals surface area contributed by atoms with Crippen LogP contribution in [-0.2, 0) is 12.8 Å². The van der Waals surface area contributed by atoms with E-state index in [0.29, 0.717) is 4.85 Å². The smallest absolute Gasteiger partial charge is 0.210 e. The van der Waals surface area contributed by atoms with Crippen molar-refractivity contribution in [2.45, 2.75) is 12.8 Å². The highest BCUT2D eigenvalue weighted by Gasteiger charge is 1.97. The van der Waals surface area contributed by atoms with Crippen LogP contribution in [0.3, 0.4) is 0 Å². The van der Waals surface area contributed by atoms with Gasteiger partial charge in [-0.1, -0.05) is 35.2 Å². The van der Waals surface area contributed by atoms with Gasteiger partial charge < -0.3 is 5.21 Å². The third-order valence-corrected chi connectivity index (χ3v) is 2.30. The molecule has 1 aromatic heterocycles. The van der Waals surface area contributed by atoms with Crippen molar-refractivity contribution in [2.24, 2.45) is 0 Å². The summed E-state index contributed by atoms with van der Waals surface area (Å²) in [6.07, 6.45) is 4.94. The molecule has 0 unspecified atom stereocenters. The van der Waals surface area contributed by atoms with Gasteiger partial charge in [-0.15, -0.1) is 0 Å². The third-order valence-electron chi connectivity index (χ3n) is 2.30. The Morgan fingerprint density at radius 2 is 1.73 bits per heavy atom. The van der Waals surface area contributed by atoms with E-state index in [1.807, 2.05) is 24.3 Å². The van der Waals surface area contributed by atoms with Crippen LogP contribution in [-0.4, -0.2) is 5.10 Å². The fraction of sp³-hybridized carbons (Fsp3) is 0.167. The molecule has 2 aromatic rings. The zero-order valence-electron chi connectivity index (χ0n) is 8.34. The maximum Gasteiger partial charge on any atom is 0.210 e. The average Bonchev–Trinajstić information content (AvgIpc) is 2.30. The topological polar surface area (TPSA) is 39.8 Å². The van der Waals surface area contributed by atoms with Crippen LogP contribution in [0.5, 0.6) is 0 Å². The number of rotatable bonds is 3.